The van der Waals surface area contributed by atoms with Gasteiger partial charge in [0.05, 0.1) is 22.9 Å². The third-order valence-corrected chi connectivity index (χ3v) is 8.88. The van der Waals surface area contributed by atoms with Crippen LogP contribution in [0.4, 0.5) is 0 Å². The van der Waals surface area contributed by atoms with Gasteiger partial charge in [0.15, 0.2) is 5.78 Å². The number of rotatable bonds is 1. The van der Waals surface area contributed by atoms with E-state index < -0.39 is 17.1 Å². The van der Waals surface area contributed by atoms with Crippen molar-refractivity contribution in [3.05, 3.63) is 41.0 Å². The van der Waals surface area contributed by atoms with Crippen LogP contribution in [0, 0.1) is 47.8 Å². The minimum atomic E-state index is -0.609. The van der Waals surface area contributed by atoms with Gasteiger partial charge < -0.3 is 4.74 Å². The lowest BCUT2D eigenvalue weighted by Crippen LogP contribution is -2.56. The lowest BCUT2D eigenvalue weighted by molar-refractivity contribution is -0.138. The van der Waals surface area contributed by atoms with Gasteiger partial charge in [-0.1, -0.05) is 55.3 Å². The lowest BCUT2D eigenvalue weighted by Gasteiger charge is -2.46. The second-order valence-electron chi connectivity index (χ2n) is 10.2. The second-order valence-corrected chi connectivity index (χ2v) is 10.2. The highest BCUT2D eigenvalue weighted by Gasteiger charge is 2.81. The van der Waals surface area contributed by atoms with Crippen molar-refractivity contribution in [2.24, 2.45) is 40.9 Å². The molecule has 1 aromatic carbocycles. The van der Waals surface area contributed by atoms with Crippen molar-refractivity contribution in [2.75, 3.05) is 0 Å². The Morgan fingerprint density at radius 1 is 0.931 bits per heavy atom. The van der Waals surface area contributed by atoms with Crippen molar-refractivity contribution in [1.82, 2.24) is 5.32 Å². The second kappa shape index (κ2) is 5.07. The SMILES string of the molecule is Cc1ccc(/C=C2/[C@@H]3[C@H]4C(=O)NC(=O)[C@H]4[C@H]2[C@H]2[C@@H]3[C@@]3(C)O[C@@H]2C(=O)C3(C)C)cc1. The fourth-order valence-electron chi connectivity index (χ4n) is 7.33. The van der Waals surface area contributed by atoms with E-state index in [0.717, 1.165) is 5.56 Å². The van der Waals surface area contributed by atoms with Crippen molar-refractivity contribution < 1.29 is 19.1 Å². The number of carbonyl (C=O) groups excluding carboxylic acids is 3. The maximum atomic E-state index is 13.1. The molecule has 0 unspecified atom stereocenters. The monoisotopic (exact) mass is 391 g/mol. The molecule has 6 rings (SSSR count). The Morgan fingerprint density at radius 2 is 1.55 bits per heavy atom. The van der Waals surface area contributed by atoms with Crippen LogP contribution in [-0.2, 0) is 19.1 Å². The maximum Gasteiger partial charge on any atom is 0.231 e. The zero-order chi connectivity index (χ0) is 20.5. The third-order valence-electron chi connectivity index (χ3n) is 8.88. The number of benzene rings is 1. The predicted octanol–water partition coefficient (Wildman–Crippen LogP) is 2.53. The normalized spacial score (nSPS) is 47.1. The molecule has 2 amide bonds. The van der Waals surface area contributed by atoms with Crippen LogP contribution >= 0.6 is 0 Å². The molecule has 3 heterocycles. The number of hydrogen-bond acceptors (Lipinski definition) is 4. The molecule has 1 aromatic rings. The first-order chi connectivity index (χ1) is 13.7. The molecule has 5 aliphatic rings. The summed E-state index contributed by atoms with van der Waals surface area (Å²) in [7, 11) is 0. The van der Waals surface area contributed by atoms with E-state index in [1.807, 2.05) is 20.8 Å². The van der Waals surface area contributed by atoms with Gasteiger partial charge in [-0.25, -0.2) is 0 Å². The van der Waals surface area contributed by atoms with Crippen molar-refractivity contribution in [1.29, 1.82) is 0 Å². The molecule has 2 saturated carbocycles. The molecule has 150 valence electrons. The van der Waals surface area contributed by atoms with Crippen LogP contribution in [0.3, 0.4) is 0 Å². The number of ketones is 1. The highest BCUT2D eigenvalue weighted by atomic mass is 16.5. The molecule has 2 aliphatic carbocycles. The molecule has 5 nitrogen and oxygen atoms in total. The molecule has 0 aromatic heterocycles. The number of fused-ring (bicyclic) bond motifs is 12. The predicted molar refractivity (Wildman–Crippen MR) is 105 cm³/mol. The van der Waals surface area contributed by atoms with E-state index in [4.69, 9.17) is 4.74 Å². The summed E-state index contributed by atoms with van der Waals surface area (Å²) in [6.07, 6.45) is 1.70. The average molecular weight is 391 g/mol. The van der Waals surface area contributed by atoms with E-state index in [1.54, 1.807) is 0 Å². The molecular formula is C24H25NO4. The molecule has 29 heavy (non-hydrogen) atoms. The Hall–Kier alpha value is -2.27. The van der Waals surface area contributed by atoms with Gasteiger partial charge in [-0.3, -0.25) is 19.7 Å². The summed E-state index contributed by atoms with van der Waals surface area (Å²) in [5.74, 6) is -0.981. The summed E-state index contributed by atoms with van der Waals surface area (Å²) >= 11 is 0. The molecule has 0 radical (unpaired) electrons. The highest BCUT2D eigenvalue weighted by molar-refractivity contribution is 6.07. The van der Waals surface area contributed by atoms with E-state index in [-0.39, 0.29) is 53.1 Å². The Morgan fingerprint density at radius 3 is 2.21 bits per heavy atom. The summed E-state index contributed by atoms with van der Waals surface area (Å²) < 4.78 is 6.37. The van der Waals surface area contributed by atoms with Crippen LogP contribution in [-0.4, -0.2) is 29.3 Å². The van der Waals surface area contributed by atoms with Crippen molar-refractivity contribution >= 4 is 23.7 Å². The van der Waals surface area contributed by atoms with E-state index >= 15 is 0 Å². The van der Waals surface area contributed by atoms with E-state index in [2.05, 4.69) is 42.6 Å². The summed E-state index contributed by atoms with van der Waals surface area (Å²) in [6.45, 7) is 8.04. The van der Waals surface area contributed by atoms with Crippen LogP contribution in [0.15, 0.2) is 29.8 Å². The number of nitrogens with one attached hydrogen (secondary N) is 1. The number of Topliss-reactive ketones (excluding diaryl/α,β-unsaturated/α-hetero) is 1. The van der Waals surface area contributed by atoms with Gasteiger partial charge in [0.25, 0.3) is 0 Å². The number of carbonyl (C=O) groups is 3. The van der Waals surface area contributed by atoms with Crippen LogP contribution in [0.25, 0.3) is 6.08 Å². The number of allylic oxidation sites excluding steroid dienone is 1. The molecule has 4 bridgehead atoms. The maximum absolute atomic E-state index is 13.1. The topological polar surface area (TPSA) is 72.5 Å². The summed E-state index contributed by atoms with van der Waals surface area (Å²) in [6, 6.07) is 8.30. The summed E-state index contributed by atoms with van der Waals surface area (Å²) in [5, 5.41) is 2.56. The van der Waals surface area contributed by atoms with Gasteiger partial charge in [-0.2, -0.15) is 0 Å². The van der Waals surface area contributed by atoms with Gasteiger partial charge in [0.2, 0.25) is 11.8 Å². The van der Waals surface area contributed by atoms with Gasteiger partial charge >= 0.3 is 0 Å². The molecule has 8 atom stereocenters. The summed E-state index contributed by atoms with van der Waals surface area (Å²) in [4.78, 5) is 38.6. The Balaban J connectivity index is 1.54. The molecule has 0 spiro atoms. The van der Waals surface area contributed by atoms with Crippen LogP contribution in [0.5, 0.6) is 0 Å². The summed E-state index contributed by atoms with van der Waals surface area (Å²) in [5.41, 5.74) is 2.25. The zero-order valence-corrected chi connectivity index (χ0v) is 17.1. The number of imide groups is 1. The van der Waals surface area contributed by atoms with Gasteiger partial charge in [0.1, 0.15) is 6.10 Å². The molecule has 5 fully saturated rings. The van der Waals surface area contributed by atoms with Gasteiger partial charge in [0, 0.05) is 11.8 Å². The first-order valence-corrected chi connectivity index (χ1v) is 10.5. The largest absolute Gasteiger partial charge is 0.363 e. The first-order valence-electron chi connectivity index (χ1n) is 10.5. The molecule has 3 aliphatic heterocycles. The quantitative estimate of drug-likeness (QED) is 0.747. The number of hydrogen-bond donors (Lipinski definition) is 1. The fraction of sp³-hybridized carbons (Fsp3) is 0.542. The Kier molecular flexibility index (Phi) is 3.07. The van der Waals surface area contributed by atoms with Crippen molar-refractivity contribution in [2.45, 2.75) is 39.4 Å². The minimum absolute atomic E-state index is 0.0138. The highest BCUT2D eigenvalue weighted by Crippen LogP contribution is 2.74. The smallest absolute Gasteiger partial charge is 0.231 e. The molecule has 5 heteroatoms. The van der Waals surface area contributed by atoms with Gasteiger partial charge in [-0.15, -0.1) is 0 Å². The Labute approximate surface area is 169 Å². The average Bonchev–Trinajstić information content (AvgIpc) is 3.37. The first kappa shape index (κ1) is 17.6. The van der Waals surface area contributed by atoms with Crippen LogP contribution in [0.1, 0.15) is 31.9 Å². The molecule has 3 saturated heterocycles. The third kappa shape index (κ3) is 1.80. The van der Waals surface area contributed by atoms with Crippen molar-refractivity contribution in [3.8, 4) is 0 Å². The Bertz CT molecular complexity index is 1020. The van der Waals surface area contributed by atoms with E-state index in [1.165, 1.54) is 11.1 Å². The molecular weight excluding hydrogens is 366 g/mol. The van der Waals surface area contributed by atoms with E-state index in [0.29, 0.717) is 0 Å². The zero-order valence-electron chi connectivity index (χ0n) is 17.1. The van der Waals surface area contributed by atoms with Crippen LogP contribution < -0.4 is 5.32 Å². The van der Waals surface area contributed by atoms with Crippen molar-refractivity contribution in [3.63, 3.8) is 0 Å². The number of amides is 2. The van der Waals surface area contributed by atoms with Crippen LogP contribution in [0.2, 0.25) is 0 Å². The fourth-order valence-corrected chi connectivity index (χ4v) is 7.33. The minimum Gasteiger partial charge on any atom is -0.363 e. The number of aryl methyl sites for hydroxylation is 1. The molecule has 1 N–H and O–H groups in total. The lowest BCUT2D eigenvalue weighted by atomic mass is 9.53. The number of ether oxygens (including phenoxy) is 1. The van der Waals surface area contributed by atoms with Gasteiger partial charge in [-0.05, 0) is 31.2 Å². The standard InChI is InChI=1S/C24H25NO4/c1-10-5-7-11(8-6-10)9-12-13-15-16(22(28)25-21(15)27)14(12)18-17(13)19-20(26)23(2,3)24(18,4)29-19/h5-9,13-19H,1-4H3,(H,25,27,28)/b12-9+/t13-,14+,15-,16+,17-,18+,19-,24+/m0/s1. The van der Waals surface area contributed by atoms with E-state index in [9.17, 15) is 14.4 Å².